The van der Waals surface area contributed by atoms with Crippen LogP contribution in [0.5, 0.6) is 0 Å². The Balaban J connectivity index is 2.76. The average Bonchev–Trinajstić information content (AvgIpc) is 2.75. The average molecular weight is 433 g/mol. The van der Waals surface area contributed by atoms with E-state index in [-0.39, 0.29) is 0 Å². The quantitative estimate of drug-likeness (QED) is 0.352. The molecule has 0 bridgehead atoms. The summed E-state index contributed by atoms with van der Waals surface area (Å²) in [5.41, 5.74) is 9.80. The van der Waals surface area contributed by atoms with Crippen molar-refractivity contribution < 1.29 is 0 Å². The summed E-state index contributed by atoms with van der Waals surface area (Å²) < 4.78 is 0. The smallest absolute Gasteiger partial charge is 0.0702 e. The van der Waals surface area contributed by atoms with E-state index < -0.39 is 0 Å². The number of hydrogen-bond donors (Lipinski definition) is 0. The van der Waals surface area contributed by atoms with Gasteiger partial charge in [0.05, 0.1) is 22.8 Å². The molecule has 2 aromatic rings. The maximum absolute atomic E-state index is 5.32. The lowest BCUT2D eigenvalue weighted by Gasteiger charge is -2.19. The van der Waals surface area contributed by atoms with Gasteiger partial charge in [0.25, 0.3) is 0 Å². The van der Waals surface area contributed by atoms with Crippen LogP contribution in [0, 0.1) is 0 Å². The Morgan fingerprint density at radius 3 is 0.969 bits per heavy atom. The van der Waals surface area contributed by atoms with Crippen LogP contribution >= 0.6 is 0 Å². The van der Waals surface area contributed by atoms with Crippen LogP contribution in [0.2, 0.25) is 0 Å². The molecule has 0 aliphatic heterocycles. The Morgan fingerprint density at radius 1 is 0.531 bits per heavy atom. The first-order valence-electron chi connectivity index (χ1n) is 12.5. The maximum Gasteiger partial charge on any atom is 0.0702 e. The third-order valence-corrected chi connectivity index (χ3v) is 6.18. The van der Waals surface area contributed by atoms with Crippen molar-refractivity contribution in [3.8, 4) is 0 Å². The van der Waals surface area contributed by atoms with Crippen molar-refractivity contribution in [2.24, 2.45) is 9.98 Å². The minimum Gasteiger partial charge on any atom is -0.251 e. The molecule has 0 aromatic heterocycles. The number of nitrogens with zero attached hydrogens (tertiary/aromatic N) is 2. The van der Waals surface area contributed by atoms with E-state index in [4.69, 9.17) is 9.98 Å². The molecule has 0 N–H and O–H groups in total. The lowest BCUT2D eigenvalue weighted by molar-refractivity contribution is 0.833. The van der Waals surface area contributed by atoms with Crippen molar-refractivity contribution in [1.82, 2.24) is 0 Å². The molecule has 2 aromatic carbocycles. The first-order chi connectivity index (χ1) is 15.1. The molecule has 0 radical (unpaired) electrons. The number of benzene rings is 2. The second kappa shape index (κ2) is 11.6. The zero-order valence-corrected chi connectivity index (χ0v) is 22.1. The van der Waals surface area contributed by atoms with Crippen LogP contribution in [0.15, 0.2) is 46.4 Å². The van der Waals surface area contributed by atoms with E-state index in [0.717, 1.165) is 35.6 Å². The van der Waals surface area contributed by atoms with Gasteiger partial charge in [0.2, 0.25) is 0 Å². The third kappa shape index (κ3) is 5.97. The highest BCUT2D eigenvalue weighted by atomic mass is 14.8. The van der Waals surface area contributed by atoms with Gasteiger partial charge in [-0.1, -0.05) is 106 Å². The lowest BCUT2D eigenvalue weighted by Crippen LogP contribution is -2.13. The summed E-state index contributed by atoms with van der Waals surface area (Å²) in [5.74, 6) is 1.73. The van der Waals surface area contributed by atoms with Gasteiger partial charge in [0.1, 0.15) is 0 Å². The number of hydrogen-bond acceptors (Lipinski definition) is 2. The summed E-state index contributed by atoms with van der Waals surface area (Å²) >= 11 is 0. The van der Waals surface area contributed by atoms with Crippen LogP contribution in [-0.2, 0) is 0 Å². The Bertz CT molecular complexity index is 827. The molecule has 0 spiro atoms. The first-order valence-corrected chi connectivity index (χ1v) is 12.5. The van der Waals surface area contributed by atoms with Crippen molar-refractivity contribution in [2.75, 3.05) is 0 Å². The zero-order chi connectivity index (χ0) is 24.0. The van der Waals surface area contributed by atoms with Gasteiger partial charge in [-0.25, -0.2) is 0 Å². The molecular weight excluding hydrogens is 388 g/mol. The fourth-order valence-electron chi connectivity index (χ4n) is 4.25. The minimum absolute atomic E-state index is 0.432. The van der Waals surface area contributed by atoms with Crippen molar-refractivity contribution in [3.63, 3.8) is 0 Å². The molecule has 0 fully saturated rings. The molecule has 0 amide bonds. The second-order valence-electron chi connectivity index (χ2n) is 10.0. The molecule has 2 heteroatoms. The molecule has 0 heterocycles. The zero-order valence-electron chi connectivity index (χ0n) is 22.1. The standard InChI is InChI=1S/C30H44N2/c1-11-27(31-29-23(19(3)4)15-13-16-24(29)20(5)6)28(12-2)32-30-25(21(7)8)17-14-18-26(30)22(9)10/h13-22H,11-12H2,1-10H3/b31-27+,32-28+. The van der Waals surface area contributed by atoms with Crippen LogP contribution in [-0.4, -0.2) is 11.4 Å². The highest BCUT2D eigenvalue weighted by molar-refractivity contribution is 6.43. The normalized spacial score (nSPS) is 13.2. The van der Waals surface area contributed by atoms with E-state index in [2.05, 4.69) is 106 Å². The number of para-hydroxylation sites is 2. The first kappa shape index (κ1) is 26.0. The molecule has 2 rings (SSSR count). The molecular formula is C30H44N2. The fourth-order valence-corrected chi connectivity index (χ4v) is 4.25. The van der Waals surface area contributed by atoms with Crippen molar-refractivity contribution >= 4 is 22.8 Å². The van der Waals surface area contributed by atoms with Gasteiger partial charge in [-0.05, 0) is 58.8 Å². The van der Waals surface area contributed by atoms with Gasteiger partial charge in [0, 0.05) is 0 Å². The largest absolute Gasteiger partial charge is 0.251 e. The van der Waals surface area contributed by atoms with E-state index in [1.807, 2.05) is 0 Å². The van der Waals surface area contributed by atoms with Gasteiger partial charge in [-0.15, -0.1) is 0 Å². The molecule has 0 atom stereocenters. The topological polar surface area (TPSA) is 24.7 Å². The van der Waals surface area contributed by atoms with E-state index >= 15 is 0 Å². The predicted molar refractivity (Wildman–Crippen MR) is 144 cm³/mol. The molecule has 0 unspecified atom stereocenters. The minimum atomic E-state index is 0.432. The fraction of sp³-hybridized carbons (Fsp3) is 0.533. The monoisotopic (exact) mass is 432 g/mol. The Morgan fingerprint density at radius 2 is 0.781 bits per heavy atom. The molecule has 32 heavy (non-hydrogen) atoms. The summed E-state index contributed by atoms with van der Waals surface area (Å²) in [7, 11) is 0. The van der Waals surface area contributed by atoms with Crippen molar-refractivity contribution in [3.05, 3.63) is 58.7 Å². The van der Waals surface area contributed by atoms with Crippen LogP contribution in [0.25, 0.3) is 0 Å². The van der Waals surface area contributed by atoms with E-state index in [1.165, 1.54) is 22.3 Å². The van der Waals surface area contributed by atoms with Crippen LogP contribution in [0.1, 0.15) is 128 Å². The lowest BCUT2D eigenvalue weighted by atomic mass is 9.92. The van der Waals surface area contributed by atoms with Gasteiger partial charge in [-0.3, -0.25) is 9.98 Å². The highest BCUT2D eigenvalue weighted by Crippen LogP contribution is 2.37. The third-order valence-electron chi connectivity index (χ3n) is 6.18. The maximum atomic E-state index is 5.32. The molecule has 0 saturated carbocycles. The second-order valence-corrected chi connectivity index (χ2v) is 10.0. The summed E-state index contributed by atoms with van der Waals surface area (Å²) in [4.78, 5) is 10.6. The van der Waals surface area contributed by atoms with Crippen LogP contribution in [0.4, 0.5) is 11.4 Å². The Labute approximate surface area is 197 Å². The van der Waals surface area contributed by atoms with Gasteiger partial charge >= 0.3 is 0 Å². The molecule has 0 aliphatic rings. The number of aliphatic imine (C=N–C) groups is 2. The molecule has 0 saturated heterocycles. The van der Waals surface area contributed by atoms with Gasteiger partial charge < -0.3 is 0 Å². The predicted octanol–water partition coefficient (Wildman–Crippen LogP) is 9.85. The van der Waals surface area contributed by atoms with E-state index in [0.29, 0.717) is 23.7 Å². The molecule has 174 valence electrons. The molecule has 0 aliphatic carbocycles. The summed E-state index contributed by atoms with van der Waals surface area (Å²) in [6, 6.07) is 13.3. The Hall–Kier alpha value is -2.22. The summed E-state index contributed by atoms with van der Waals surface area (Å²) in [6.45, 7) is 22.5. The van der Waals surface area contributed by atoms with E-state index in [1.54, 1.807) is 0 Å². The van der Waals surface area contributed by atoms with Crippen LogP contribution in [0.3, 0.4) is 0 Å². The highest BCUT2D eigenvalue weighted by Gasteiger charge is 2.18. The van der Waals surface area contributed by atoms with Crippen molar-refractivity contribution in [1.29, 1.82) is 0 Å². The summed E-state index contributed by atoms with van der Waals surface area (Å²) in [5, 5.41) is 0. The van der Waals surface area contributed by atoms with Crippen LogP contribution < -0.4 is 0 Å². The number of rotatable bonds is 9. The van der Waals surface area contributed by atoms with E-state index in [9.17, 15) is 0 Å². The Kier molecular flexibility index (Phi) is 9.43. The van der Waals surface area contributed by atoms with Gasteiger partial charge in [-0.2, -0.15) is 0 Å². The molecule has 2 nitrogen and oxygen atoms in total. The van der Waals surface area contributed by atoms with Crippen molar-refractivity contribution in [2.45, 2.75) is 106 Å². The van der Waals surface area contributed by atoms with Gasteiger partial charge in [0.15, 0.2) is 0 Å². The SMILES string of the molecule is CCC(=N\c1c(C(C)C)cccc1C(C)C)/C(CC)=N/c1c(C(C)C)cccc1C(C)C. The summed E-state index contributed by atoms with van der Waals surface area (Å²) in [6.07, 6.45) is 1.75.